The molecule has 0 radical (unpaired) electrons. The van der Waals surface area contributed by atoms with E-state index in [0.717, 1.165) is 31.5 Å². The first kappa shape index (κ1) is 12.5. The number of methoxy groups -OCH3 is 1. The molecule has 2 rings (SSSR count). The van der Waals surface area contributed by atoms with Gasteiger partial charge in [-0.2, -0.15) is 0 Å². The average Bonchev–Trinajstić information content (AvgIpc) is 2.35. The molecule has 4 heteroatoms. The van der Waals surface area contributed by atoms with Gasteiger partial charge in [0.05, 0.1) is 6.61 Å². The van der Waals surface area contributed by atoms with Crippen molar-refractivity contribution in [2.24, 2.45) is 0 Å². The first-order valence-corrected chi connectivity index (χ1v) is 5.90. The summed E-state index contributed by atoms with van der Waals surface area (Å²) in [5, 5.41) is 3.24. The Kier molecular flexibility index (Phi) is 4.07. The maximum atomic E-state index is 13.7. The molecule has 0 saturated carbocycles. The molecule has 1 aliphatic heterocycles. The minimum Gasteiger partial charge on any atom is -0.380 e. The second-order valence-corrected chi connectivity index (χ2v) is 4.44. The van der Waals surface area contributed by atoms with Gasteiger partial charge in [-0.1, -0.05) is 0 Å². The summed E-state index contributed by atoms with van der Waals surface area (Å²) >= 11 is 0. The zero-order valence-electron chi connectivity index (χ0n) is 9.93. The van der Waals surface area contributed by atoms with Gasteiger partial charge in [0.15, 0.2) is 0 Å². The molecule has 0 aromatic heterocycles. The summed E-state index contributed by atoms with van der Waals surface area (Å²) in [5.74, 6) is -0.802. The summed E-state index contributed by atoms with van der Waals surface area (Å²) in [5.41, 5.74) is 0.757. The zero-order valence-corrected chi connectivity index (χ0v) is 9.93. The highest BCUT2D eigenvalue weighted by molar-refractivity contribution is 5.29. The predicted molar refractivity (Wildman–Crippen MR) is 61.9 cm³/mol. The van der Waals surface area contributed by atoms with Gasteiger partial charge in [0, 0.05) is 19.2 Å². The number of benzene rings is 1. The van der Waals surface area contributed by atoms with E-state index in [-0.39, 0.29) is 18.1 Å². The molecule has 1 aliphatic rings. The Morgan fingerprint density at radius 3 is 2.59 bits per heavy atom. The molecule has 0 bridgehead atoms. The van der Waals surface area contributed by atoms with Crippen molar-refractivity contribution in [2.45, 2.75) is 25.4 Å². The molecular weight excluding hydrogens is 224 g/mol. The third-order valence-corrected chi connectivity index (χ3v) is 3.22. The Morgan fingerprint density at radius 2 is 2.06 bits per heavy atom. The molecule has 1 saturated heterocycles. The van der Waals surface area contributed by atoms with E-state index >= 15 is 0 Å². The number of nitrogens with one attached hydrogen (secondary N) is 1. The second-order valence-electron chi connectivity index (χ2n) is 4.44. The van der Waals surface area contributed by atoms with Crippen molar-refractivity contribution in [2.75, 3.05) is 20.2 Å². The molecule has 1 aromatic carbocycles. The van der Waals surface area contributed by atoms with Crippen molar-refractivity contribution in [1.82, 2.24) is 5.32 Å². The summed E-state index contributed by atoms with van der Waals surface area (Å²) in [4.78, 5) is 0. The number of ether oxygens (including phenoxy) is 1. The van der Waals surface area contributed by atoms with E-state index in [0.29, 0.717) is 0 Å². The molecule has 1 heterocycles. The Hall–Kier alpha value is -1.00. The fraction of sp³-hybridized carbons (Fsp3) is 0.538. The molecule has 1 unspecified atom stereocenters. The van der Waals surface area contributed by atoms with E-state index in [1.54, 1.807) is 0 Å². The van der Waals surface area contributed by atoms with Crippen molar-refractivity contribution in [1.29, 1.82) is 0 Å². The third kappa shape index (κ3) is 2.82. The van der Waals surface area contributed by atoms with Crippen LogP contribution >= 0.6 is 0 Å². The molecule has 1 N–H and O–H groups in total. The number of halogens is 2. The van der Waals surface area contributed by atoms with E-state index < -0.39 is 11.6 Å². The molecule has 17 heavy (non-hydrogen) atoms. The largest absolute Gasteiger partial charge is 0.380 e. The lowest BCUT2D eigenvalue weighted by Crippen LogP contribution is -2.28. The Balaban J connectivity index is 2.24. The summed E-state index contributed by atoms with van der Waals surface area (Å²) in [6.45, 7) is 1.76. The van der Waals surface area contributed by atoms with Crippen molar-refractivity contribution in [3.05, 3.63) is 34.9 Å². The van der Waals surface area contributed by atoms with Gasteiger partial charge < -0.3 is 10.1 Å². The average molecular weight is 241 g/mol. The molecule has 94 valence electrons. The maximum absolute atomic E-state index is 13.7. The maximum Gasteiger partial charge on any atom is 0.131 e. The van der Waals surface area contributed by atoms with Crippen LogP contribution in [0.5, 0.6) is 0 Å². The molecule has 0 aliphatic carbocycles. The second kappa shape index (κ2) is 5.56. The van der Waals surface area contributed by atoms with Gasteiger partial charge in [0.25, 0.3) is 0 Å². The molecule has 1 atom stereocenters. The summed E-state index contributed by atoms with van der Waals surface area (Å²) in [7, 11) is 1.43. The highest BCUT2D eigenvalue weighted by Crippen LogP contribution is 2.26. The van der Waals surface area contributed by atoms with Gasteiger partial charge in [-0.25, -0.2) is 8.78 Å². The minimum absolute atomic E-state index is 0.0139. The SMILES string of the molecule is COCc1c(F)cc(C2CCCNC2)cc1F. The first-order valence-electron chi connectivity index (χ1n) is 5.90. The number of rotatable bonds is 3. The van der Waals surface area contributed by atoms with Crippen molar-refractivity contribution in [3.8, 4) is 0 Å². The summed E-state index contributed by atoms with van der Waals surface area (Å²) in [6.07, 6.45) is 2.03. The predicted octanol–water partition coefficient (Wildman–Crippen LogP) is 2.58. The Morgan fingerprint density at radius 1 is 1.35 bits per heavy atom. The van der Waals surface area contributed by atoms with Crippen LogP contribution in [-0.2, 0) is 11.3 Å². The van der Waals surface area contributed by atoms with E-state index in [4.69, 9.17) is 4.74 Å². The van der Waals surface area contributed by atoms with Crippen LogP contribution in [0.3, 0.4) is 0 Å². The number of hydrogen-bond donors (Lipinski definition) is 1. The zero-order chi connectivity index (χ0) is 12.3. The Labute approximate surface area is 100.0 Å². The van der Waals surface area contributed by atoms with Crippen LogP contribution in [0.15, 0.2) is 12.1 Å². The van der Waals surface area contributed by atoms with E-state index in [1.165, 1.54) is 19.2 Å². The van der Waals surface area contributed by atoms with Crippen LogP contribution in [0.4, 0.5) is 8.78 Å². The summed E-state index contributed by atoms with van der Waals surface area (Å²) in [6, 6.07) is 2.88. The minimum atomic E-state index is -0.507. The third-order valence-electron chi connectivity index (χ3n) is 3.22. The smallest absolute Gasteiger partial charge is 0.131 e. The van der Waals surface area contributed by atoms with Crippen LogP contribution in [0.2, 0.25) is 0 Å². The first-order chi connectivity index (χ1) is 8.22. The van der Waals surface area contributed by atoms with E-state index in [9.17, 15) is 8.78 Å². The van der Waals surface area contributed by atoms with Gasteiger partial charge in [0.1, 0.15) is 11.6 Å². The molecule has 0 amide bonds. The van der Waals surface area contributed by atoms with Gasteiger partial charge in [0.2, 0.25) is 0 Å². The van der Waals surface area contributed by atoms with Crippen molar-refractivity contribution >= 4 is 0 Å². The van der Waals surface area contributed by atoms with Crippen LogP contribution in [0.25, 0.3) is 0 Å². The quantitative estimate of drug-likeness (QED) is 0.878. The van der Waals surface area contributed by atoms with Crippen LogP contribution in [-0.4, -0.2) is 20.2 Å². The molecule has 0 spiro atoms. The number of piperidine rings is 1. The topological polar surface area (TPSA) is 21.3 Å². The highest BCUT2D eigenvalue weighted by Gasteiger charge is 2.19. The fourth-order valence-electron chi connectivity index (χ4n) is 2.28. The van der Waals surface area contributed by atoms with Crippen LogP contribution < -0.4 is 5.32 Å². The lowest BCUT2D eigenvalue weighted by atomic mass is 9.91. The molecule has 1 fully saturated rings. The normalized spacial score (nSPS) is 20.5. The Bertz CT molecular complexity index is 366. The molecule has 1 aromatic rings. The standard InChI is InChI=1S/C13H17F2NO/c1-17-8-11-12(14)5-10(6-13(11)15)9-3-2-4-16-7-9/h5-6,9,16H,2-4,7-8H2,1H3. The van der Waals surface area contributed by atoms with Gasteiger partial charge in [-0.3, -0.25) is 0 Å². The van der Waals surface area contributed by atoms with E-state index in [2.05, 4.69) is 5.32 Å². The summed E-state index contributed by atoms with van der Waals surface area (Å²) < 4.78 is 32.2. The number of hydrogen-bond acceptors (Lipinski definition) is 2. The monoisotopic (exact) mass is 241 g/mol. The fourth-order valence-corrected chi connectivity index (χ4v) is 2.28. The van der Waals surface area contributed by atoms with Gasteiger partial charge in [-0.05, 0) is 43.0 Å². The lowest BCUT2D eigenvalue weighted by Gasteiger charge is -2.23. The molecular formula is C13H17F2NO. The van der Waals surface area contributed by atoms with Crippen molar-refractivity contribution < 1.29 is 13.5 Å². The highest BCUT2D eigenvalue weighted by atomic mass is 19.1. The van der Waals surface area contributed by atoms with E-state index in [1.807, 2.05) is 0 Å². The van der Waals surface area contributed by atoms with Crippen molar-refractivity contribution in [3.63, 3.8) is 0 Å². The van der Waals surface area contributed by atoms with Gasteiger partial charge in [-0.15, -0.1) is 0 Å². The van der Waals surface area contributed by atoms with Crippen LogP contribution in [0.1, 0.15) is 29.9 Å². The van der Waals surface area contributed by atoms with Gasteiger partial charge >= 0.3 is 0 Å². The molecule has 2 nitrogen and oxygen atoms in total. The van der Waals surface area contributed by atoms with Crippen LogP contribution in [0, 0.1) is 11.6 Å². The lowest BCUT2D eigenvalue weighted by molar-refractivity contribution is 0.177.